The molecule has 2 heterocycles. The summed E-state index contributed by atoms with van der Waals surface area (Å²) in [6.07, 6.45) is 6.44. The molecular formula is C30H41N3O3. The number of nitrogens with zero attached hydrogens (tertiary/aromatic N) is 3. The van der Waals surface area contributed by atoms with Crippen LogP contribution in [0, 0.1) is 0 Å². The van der Waals surface area contributed by atoms with Crippen molar-refractivity contribution in [3.63, 3.8) is 0 Å². The zero-order chi connectivity index (χ0) is 25.3. The Kier molecular flexibility index (Phi) is 9.54. The molecule has 2 amide bonds. The number of amides is 2. The monoisotopic (exact) mass is 491 g/mol. The van der Waals surface area contributed by atoms with E-state index < -0.39 is 0 Å². The molecule has 2 aliphatic rings. The van der Waals surface area contributed by atoms with E-state index in [1.807, 2.05) is 17.9 Å². The number of carbonyl (C=O) groups is 2. The predicted molar refractivity (Wildman–Crippen MR) is 144 cm³/mol. The fourth-order valence-corrected chi connectivity index (χ4v) is 5.92. The van der Waals surface area contributed by atoms with Gasteiger partial charge in [-0.05, 0) is 62.3 Å². The number of hydrogen-bond donors (Lipinski definition) is 0. The molecule has 6 heteroatoms. The number of para-hydroxylation sites is 1. The number of carbonyl (C=O) groups excluding carboxylic acids is 2. The molecule has 0 aromatic heterocycles. The summed E-state index contributed by atoms with van der Waals surface area (Å²) in [6.45, 7) is 5.23. The Bertz CT molecular complexity index is 996. The summed E-state index contributed by atoms with van der Waals surface area (Å²) >= 11 is 0. The minimum absolute atomic E-state index is 0.0709. The summed E-state index contributed by atoms with van der Waals surface area (Å²) in [5.74, 6) is 0.209. The SMILES string of the molecule is CCC(=O)N1CCC2CCCC(CN(CCCc3ccccc3)Cc3ccccc31)N2C(=O)COC. The van der Waals surface area contributed by atoms with Crippen LogP contribution in [0.2, 0.25) is 0 Å². The van der Waals surface area contributed by atoms with E-state index in [1.54, 1.807) is 7.11 Å². The maximum Gasteiger partial charge on any atom is 0.249 e. The van der Waals surface area contributed by atoms with Crippen molar-refractivity contribution in [1.29, 1.82) is 0 Å². The number of benzene rings is 2. The van der Waals surface area contributed by atoms with Crippen LogP contribution in [-0.2, 0) is 27.3 Å². The minimum Gasteiger partial charge on any atom is -0.375 e. The van der Waals surface area contributed by atoms with Crippen LogP contribution in [0.3, 0.4) is 0 Å². The third kappa shape index (κ3) is 6.54. The van der Waals surface area contributed by atoms with E-state index in [9.17, 15) is 9.59 Å². The zero-order valence-electron chi connectivity index (χ0n) is 21.9. The predicted octanol–water partition coefficient (Wildman–Crippen LogP) is 4.66. The lowest BCUT2D eigenvalue weighted by molar-refractivity contribution is -0.143. The quantitative estimate of drug-likeness (QED) is 0.565. The van der Waals surface area contributed by atoms with Crippen LogP contribution in [0.15, 0.2) is 54.6 Å². The van der Waals surface area contributed by atoms with Gasteiger partial charge in [0, 0.05) is 50.9 Å². The Labute approximate surface area is 216 Å². The standard InChI is InChI=1S/C30H41N3O3/c1-3-29(34)32-20-18-26-15-9-16-27(33(26)30(35)23-36-2)22-31(21-25-14-7-8-17-28(25)32)19-10-13-24-11-5-4-6-12-24/h4-8,11-12,14,17,26-27H,3,9-10,13,15-16,18-23H2,1-2H3. The van der Waals surface area contributed by atoms with Gasteiger partial charge in [0.2, 0.25) is 11.8 Å². The number of fused-ring (bicyclic) bond motifs is 3. The van der Waals surface area contributed by atoms with E-state index >= 15 is 0 Å². The number of rotatable bonds is 7. The van der Waals surface area contributed by atoms with E-state index in [2.05, 4.69) is 58.3 Å². The molecule has 0 aliphatic carbocycles. The molecule has 0 saturated carbocycles. The van der Waals surface area contributed by atoms with Crippen LogP contribution in [0.5, 0.6) is 0 Å². The molecule has 4 rings (SSSR count). The smallest absolute Gasteiger partial charge is 0.249 e. The Balaban J connectivity index is 1.64. The van der Waals surface area contributed by atoms with Crippen molar-refractivity contribution >= 4 is 17.5 Å². The Morgan fingerprint density at radius 3 is 2.47 bits per heavy atom. The van der Waals surface area contributed by atoms with Gasteiger partial charge >= 0.3 is 0 Å². The normalized spacial score (nSPS) is 20.9. The summed E-state index contributed by atoms with van der Waals surface area (Å²) < 4.78 is 5.27. The van der Waals surface area contributed by atoms with Gasteiger partial charge in [-0.15, -0.1) is 0 Å². The molecule has 2 atom stereocenters. The highest BCUT2D eigenvalue weighted by molar-refractivity contribution is 5.94. The average Bonchev–Trinajstić information content (AvgIpc) is 2.91. The molecule has 1 saturated heterocycles. The van der Waals surface area contributed by atoms with E-state index in [0.717, 1.165) is 63.8 Å². The Hall–Kier alpha value is -2.70. The largest absolute Gasteiger partial charge is 0.375 e. The zero-order valence-corrected chi connectivity index (χ0v) is 21.9. The molecule has 2 aromatic carbocycles. The van der Waals surface area contributed by atoms with E-state index in [-0.39, 0.29) is 30.5 Å². The Morgan fingerprint density at radius 2 is 1.69 bits per heavy atom. The van der Waals surface area contributed by atoms with Crippen molar-refractivity contribution in [2.24, 2.45) is 0 Å². The van der Waals surface area contributed by atoms with Gasteiger partial charge in [-0.3, -0.25) is 14.5 Å². The second-order valence-electron chi connectivity index (χ2n) is 10.1. The minimum atomic E-state index is 0.0709. The second-order valence-corrected chi connectivity index (χ2v) is 10.1. The van der Waals surface area contributed by atoms with Crippen molar-refractivity contribution in [2.45, 2.75) is 70.5 Å². The van der Waals surface area contributed by atoms with Crippen LogP contribution < -0.4 is 4.90 Å². The highest BCUT2D eigenvalue weighted by Crippen LogP contribution is 2.31. The number of hydrogen-bond acceptors (Lipinski definition) is 4. The van der Waals surface area contributed by atoms with Gasteiger partial charge in [0.1, 0.15) is 6.61 Å². The van der Waals surface area contributed by atoms with E-state index in [0.29, 0.717) is 13.0 Å². The molecule has 0 N–H and O–H groups in total. The maximum absolute atomic E-state index is 13.3. The molecule has 0 spiro atoms. The lowest BCUT2D eigenvalue weighted by Crippen LogP contribution is -2.55. The van der Waals surface area contributed by atoms with Crippen LogP contribution in [-0.4, -0.2) is 67.0 Å². The van der Waals surface area contributed by atoms with E-state index in [4.69, 9.17) is 4.74 Å². The molecule has 2 unspecified atom stereocenters. The first-order chi connectivity index (χ1) is 17.6. The van der Waals surface area contributed by atoms with Gasteiger partial charge in [0.05, 0.1) is 0 Å². The molecule has 1 fully saturated rings. The molecule has 0 radical (unpaired) electrons. The van der Waals surface area contributed by atoms with Crippen LogP contribution >= 0.6 is 0 Å². The van der Waals surface area contributed by atoms with Crippen molar-refractivity contribution in [3.8, 4) is 0 Å². The number of ether oxygens (including phenoxy) is 1. The average molecular weight is 492 g/mol. The van der Waals surface area contributed by atoms with Gasteiger partial charge < -0.3 is 14.5 Å². The summed E-state index contributed by atoms with van der Waals surface area (Å²) in [5, 5.41) is 0. The van der Waals surface area contributed by atoms with E-state index in [1.165, 1.54) is 11.1 Å². The molecule has 6 nitrogen and oxygen atoms in total. The van der Waals surface area contributed by atoms with Crippen LogP contribution in [0.4, 0.5) is 5.69 Å². The molecule has 2 aromatic rings. The molecule has 2 bridgehead atoms. The molecule has 194 valence electrons. The first kappa shape index (κ1) is 26.4. The maximum atomic E-state index is 13.3. The number of piperidine rings is 1. The molecule has 36 heavy (non-hydrogen) atoms. The lowest BCUT2D eigenvalue weighted by atomic mass is 9.92. The summed E-state index contributed by atoms with van der Waals surface area (Å²) in [7, 11) is 1.59. The summed E-state index contributed by atoms with van der Waals surface area (Å²) in [5.41, 5.74) is 3.55. The van der Waals surface area contributed by atoms with Crippen LogP contribution in [0.25, 0.3) is 0 Å². The number of aryl methyl sites for hydroxylation is 1. The third-order valence-corrected chi connectivity index (χ3v) is 7.63. The number of methoxy groups -OCH3 is 1. The van der Waals surface area contributed by atoms with Gasteiger partial charge in [-0.1, -0.05) is 55.5 Å². The topological polar surface area (TPSA) is 53.1 Å². The first-order valence-corrected chi connectivity index (χ1v) is 13.5. The summed E-state index contributed by atoms with van der Waals surface area (Å²) in [4.78, 5) is 32.9. The van der Waals surface area contributed by atoms with Crippen molar-refractivity contribution < 1.29 is 14.3 Å². The van der Waals surface area contributed by atoms with Crippen molar-refractivity contribution in [2.75, 3.05) is 38.3 Å². The Morgan fingerprint density at radius 1 is 0.944 bits per heavy atom. The second kappa shape index (κ2) is 13.0. The highest BCUT2D eigenvalue weighted by atomic mass is 16.5. The molecule has 2 aliphatic heterocycles. The van der Waals surface area contributed by atoms with Crippen molar-refractivity contribution in [3.05, 3.63) is 65.7 Å². The van der Waals surface area contributed by atoms with Gasteiger partial charge in [0.25, 0.3) is 0 Å². The number of anilines is 1. The first-order valence-electron chi connectivity index (χ1n) is 13.5. The van der Waals surface area contributed by atoms with Gasteiger partial charge in [0.15, 0.2) is 0 Å². The lowest BCUT2D eigenvalue weighted by Gasteiger charge is -2.44. The van der Waals surface area contributed by atoms with Gasteiger partial charge in [-0.2, -0.15) is 0 Å². The fraction of sp³-hybridized carbons (Fsp3) is 0.533. The summed E-state index contributed by atoms with van der Waals surface area (Å²) in [6, 6.07) is 19.3. The van der Waals surface area contributed by atoms with Crippen molar-refractivity contribution in [1.82, 2.24) is 9.80 Å². The molecular weight excluding hydrogens is 450 g/mol. The van der Waals surface area contributed by atoms with Gasteiger partial charge in [-0.25, -0.2) is 0 Å². The van der Waals surface area contributed by atoms with Crippen LogP contribution in [0.1, 0.15) is 56.6 Å². The fourth-order valence-electron chi connectivity index (χ4n) is 5.92. The third-order valence-electron chi connectivity index (χ3n) is 7.63. The highest BCUT2D eigenvalue weighted by Gasteiger charge is 2.36.